The molecule has 1 aliphatic rings. The summed E-state index contributed by atoms with van der Waals surface area (Å²) in [6.45, 7) is 6.38. The van der Waals surface area contributed by atoms with Crippen LogP contribution in [0.4, 0.5) is 4.79 Å². The van der Waals surface area contributed by atoms with Crippen LogP contribution < -0.4 is 5.32 Å². The molecule has 0 aromatic rings. The first-order valence-electron chi connectivity index (χ1n) is 4.15. The first kappa shape index (κ1) is 10.8. The number of carbonyl (C=O) groups excluding carboxylic acids is 3. The van der Waals surface area contributed by atoms with Crippen LogP contribution in [0.1, 0.15) is 6.42 Å². The van der Waals surface area contributed by atoms with Crippen LogP contribution in [0.2, 0.25) is 0 Å². The van der Waals surface area contributed by atoms with E-state index in [4.69, 9.17) is 6.57 Å². The van der Waals surface area contributed by atoms with E-state index >= 15 is 0 Å². The Morgan fingerprint density at radius 2 is 2.40 bits per heavy atom. The Labute approximate surface area is 85.6 Å². The zero-order chi connectivity index (χ0) is 11.3. The lowest BCUT2D eigenvalue weighted by molar-refractivity contribution is -0.118. The van der Waals surface area contributed by atoms with E-state index in [1.54, 1.807) is 0 Å². The van der Waals surface area contributed by atoms with Crippen LogP contribution >= 0.6 is 0 Å². The Bertz CT molecular complexity index is 369. The molecule has 0 aliphatic carbocycles. The fourth-order valence-electron chi connectivity index (χ4n) is 0.889. The van der Waals surface area contributed by atoms with Gasteiger partial charge in [-0.3, -0.25) is 14.9 Å². The largest absolute Gasteiger partial charge is 0.344 e. The first-order valence-corrected chi connectivity index (χ1v) is 4.15. The highest BCUT2D eigenvalue weighted by Gasteiger charge is 2.26. The smallest absolute Gasteiger partial charge is 0.316 e. The average molecular weight is 208 g/mol. The van der Waals surface area contributed by atoms with Gasteiger partial charge in [0.15, 0.2) is 5.78 Å². The molecule has 3 amide bonds. The minimum Gasteiger partial charge on any atom is -0.316 e. The Morgan fingerprint density at radius 3 is 2.93 bits per heavy atom. The van der Waals surface area contributed by atoms with Gasteiger partial charge in [0.05, 0.1) is 12.6 Å². The van der Waals surface area contributed by atoms with Crippen molar-refractivity contribution in [2.45, 2.75) is 6.42 Å². The molecular formula is C8H8N4O3. The minimum absolute atomic E-state index is 0.0659. The van der Waals surface area contributed by atoms with E-state index in [1.807, 2.05) is 5.32 Å². The zero-order valence-corrected chi connectivity index (χ0v) is 7.77. The van der Waals surface area contributed by atoms with Gasteiger partial charge in [0.2, 0.25) is 12.5 Å². The van der Waals surface area contributed by atoms with Gasteiger partial charge in [-0.25, -0.2) is 16.4 Å². The number of hydrogen-bond donors (Lipinski definition) is 1. The summed E-state index contributed by atoms with van der Waals surface area (Å²) < 4.78 is 0. The molecule has 1 heterocycles. The van der Waals surface area contributed by atoms with E-state index < -0.39 is 11.9 Å². The summed E-state index contributed by atoms with van der Waals surface area (Å²) in [5.41, 5.74) is 0. The summed E-state index contributed by atoms with van der Waals surface area (Å²) in [6, 6.07) is -0.644. The molecule has 1 rings (SSSR count). The van der Waals surface area contributed by atoms with Crippen LogP contribution in [-0.4, -0.2) is 42.0 Å². The molecule has 0 unspecified atom stereocenters. The topological polar surface area (TPSA) is 83.2 Å². The number of amides is 3. The molecule has 0 saturated carbocycles. The van der Waals surface area contributed by atoms with Gasteiger partial charge in [-0.2, -0.15) is 5.10 Å². The third-order valence-electron chi connectivity index (χ3n) is 1.59. The molecule has 0 spiro atoms. The van der Waals surface area contributed by atoms with Crippen LogP contribution in [0.25, 0.3) is 4.85 Å². The number of nitrogens with zero attached hydrogens (tertiary/aromatic N) is 3. The number of imide groups is 1. The molecule has 7 nitrogen and oxygen atoms in total. The fraction of sp³-hybridized carbons (Fsp3) is 0.375. The second-order valence-corrected chi connectivity index (χ2v) is 2.75. The molecule has 0 bridgehead atoms. The SMILES string of the molecule is [C-]#[N+]CCC(=O)/C=N/N1CC(=O)NC1=O. The van der Waals surface area contributed by atoms with E-state index in [9.17, 15) is 14.4 Å². The number of rotatable bonds is 4. The number of carbonyl (C=O) groups is 3. The summed E-state index contributed by atoms with van der Waals surface area (Å²) in [4.78, 5) is 35.7. The maximum absolute atomic E-state index is 11.0. The third-order valence-corrected chi connectivity index (χ3v) is 1.59. The normalized spacial score (nSPS) is 15.5. The lowest BCUT2D eigenvalue weighted by atomic mass is 10.3. The highest BCUT2D eigenvalue weighted by atomic mass is 16.2. The Kier molecular flexibility index (Phi) is 3.51. The van der Waals surface area contributed by atoms with Gasteiger partial charge in [0.25, 0.3) is 0 Å². The highest BCUT2D eigenvalue weighted by Crippen LogP contribution is 1.97. The number of urea groups is 1. The van der Waals surface area contributed by atoms with E-state index in [1.165, 1.54) is 0 Å². The molecule has 78 valence electrons. The van der Waals surface area contributed by atoms with Gasteiger partial charge >= 0.3 is 6.03 Å². The van der Waals surface area contributed by atoms with Gasteiger partial charge in [0, 0.05) is 0 Å². The highest BCUT2D eigenvalue weighted by molar-refractivity contribution is 6.27. The number of ketones is 1. The molecule has 1 saturated heterocycles. The van der Waals surface area contributed by atoms with E-state index in [0.717, 1.165) is 11.2 Å². The van der Waals surface area contributed by atoms with Gasteiger partial charge in [0.1, 0.15) is 6.54 Å². The van der Waals surface area contributed by atoms with Crippen LogP contribution in [0.5, 0.6) is 0 Å². The van der Waals surface area contributed by atoms with Crippen LogP contribution in [0.15, 0.2) is 5.10 Å². The lowest BCUT2D eigenvalue weighted by Crippen LogP contribution is -2.24. The van der Waals surface area contributed by atoms with Gasteiger partial charge in [-0.05, 0) is 0 Å². The van der Waals surface area contributed by atoms with Crippen molar-refractivity contribution in [2.24, 2.45) is 5.10 Å². The van der Waals surface area contributed by atoms with Gasteiger partial charge < -0.3 is 4.85 Å². The van der Waals surface area contributed by atoms with Crippen molar-refractivity contribution in [2.75, 3.05) is 13.1 Å². The van der Waals surface area contributed by atoms with Gasteiger partial charge in [-0.15, -0.1) is 0 Å². The number of hydrogen-bond acceptors (Lipinski definition) is 4. The minimum atomic E-state index is -0.644. The summed E-state index contributed by atoms with van der Waals surface area (Å²) in [5.74, 6) is -0.802. The van der Waals surface area contributed by atoms with Crippen LogP contribution in [0, 0.1) is 6.57 Å². The second-order valence-electron chi connectivity index (χ2n) is 2.75. The quantitative estimate of drug-likeness (QED) is 0.380. The van der Waals surface area contributed by atoms with E-state index in [0.29, 0.717) is 0 Å². The van der Waals surface area contributed by atoms with Crippen molar-refractivity contribution >= 4 is 23.9 Å². The Balaban J connectivity index is 2.44. The monoisotopic (exact) mass is 208 g/mol. The summed E-state index contributed by atoms with van der Waals surface area (Å²) >= 11 is 0. The first-order chi connectivity index (χ1) is 7.13. The van der Waals surface area contributed by atoms with Crippen molar-refractivity contribution in [3.8, 4) is 0 Å². The molecule has 15 heavy (non-hydrogen) atoms. The fourth-order valence-corrected chi connectivity index (χ4v) is 0.889. The van der Waals surface area contributed by atoms with Crippen molar-refractivity contribution < 1.29 is 14.4 Å². The van der Waals surface area contributed by atoms with E-state index in [2.05, 4.69) is 9.95 Å². The van der Waals surface area contributed by atoms with Crippen molar-refractivity contribution in [3.63, 3.8) is 0 Å². The molecule has 0 aromatic carbocycles. The zero-order valence-electron chi connectivity index (χ0n) is 7.77. The molecule has 0 radical (unpaired) electrons. The lowest BCUT2D eigenvalue weighted by Gasteiger charge is -2.02. The maximum atomic E-state index is 11.0. The molecule has 7 heteroatoms. The number of hydrazone groups is 1. The molecule has 1 N–H and O–H groups in total. The number of Topliss-reactive ketones (excluding diaryl/α,β-unsaturated/α-hetero) is 1. The predicted octanol–water partition coefficient (Wildman–Crippen LogP) is -0.598. The third kappa shape index (κ3) is 3.19. The van der Waals surface area contributed by atoms with Crippen molar-refractivity contribution in [1.29, 1.82) is 0 Å². The van der Waals surface area contributed by atoms with Crippen LogP contribution in [-0.2, 0) is 9.59 Å². The predicted molar refractivity (Wildman–Crippen MR) is 49.8 cm³/mol. The number of nitrogens with one attached hydrogen (secondary N) is 1. The molecule has 0 atom stereocenters. The molecule has 1 fully saturated rings. The summed E-state index contributed by atoms with van der Waals surface area (Å²) in [7, 11) is 0. The second kappa shape index (κ2) is 4.85. The van der Waals surface area contributed by atoms with Crippen molar-refractivity contribution in [3.05, 3.63) is 11.4 Å². The molecular weight excluding hydrogens is 200 g/mol. The Hall–Kier alpha value is -2.23. The van der Waals surface area contributed by atoms with Crippen LogP contribution in [0.3, 0.4) is 0 Å². The van der Waals surface area contributed by atoms with Crippen molar-refractivity contribution in [1.82, 2.24) is 10.3 Å². The van der Waals surface area contributed by atoms with E-state index in [-0.39, 0.29) is 25.3 Å². The standard InChI is InChI=1S/C8H8N4O3/c1-9-3-2-6(13)4-10-12-5-7(14)11-8(12)15/h4H,2-3,5H2,(H,11,14,15)/b10-4+. The Morgan fingerprint density at radius 1 is 1.67 bits per heavy atom. The molecule has 0 aromatic heterocycles. The molecule has 1 aliphatic heterocycles. The van der Waals surface area contributed by atoms with Gasteiger partial charge in [-0.1, -0.05) is 0 Å². The summed E-state index contributed by atoms with van der Waals surface area (Å²) in [5, 5.41) is 6.40. The maximum Gasteiger partial charge on any atom is 0.344 e. The average Bonchev–Trinajstić information content (AvgIpc) is 2.51. The summed E-state index contributed by atoms with van der Waals surface area (Å²) in [6.07, 6.45) is 1.01.